The molecule has 12 rings (SSSR count). The van der Waals surface area contributed by atoms with Crippen molar-refractivity contribution in [1.82, 2.24) is 50.7 Å². The van der Waals surface area contributed by atoms with Gasteiger partial charge in [0.1, 0.15) is 0 Å². The van der Waals surface area contributed by atoms with E-state index < -0.39 is 0 Å². The molecule has 10 heterocycles. The zero-order chi connectivity index (χ0) is 49.6. The number of hydrogen-bond donors (Lipinski definition) is 4. The second kappa shape index (κ2) is 24.5. The van der Waals surface area contributed by atoms with Crippen LogP contribution in [-0.4, -0.2) is 195 Å². The van der Waals surface area contributed by atoms with E-state index in [1.165, 1.54) is 208 Å². The largest absolute Gasteiger partial charge is 0.316 e. The molecule has 4 atom stereocenters. The fourth-order valence-corrected chi connectivity index (χ4v) is 15.9. The summed E-state index contributed by atoms with van der Waals surface area (Å²) in [5, 5.41) is 14.1. The standard InChI is InChI=1S/C11H21N.2C10H20N2.C10H19N.2C9H18N2/c1-10(2)12-9-5-8-11(12)6-3-4-7-11;1-9(2)12-6-4-10(8-12)3-5-11-7-10;1-9(2)12-7-5-10(8-12)4-3-6-11-10;1-8(2)11-6-10(7-11)4-9(3)5-10;1-7(2)11-5-8-3-10-4-9(8)6-11;1-8(2)11-6-9(7-11)3-4-10-5-9/h10H,3-9H2,1-2H3;2*9,11H,3-8H2,1-2H3;8-9H,4-7H2,1-3H3;7-10H,3-6H2,1-2H3;8,10H,3-7H2,1-2H3. The van der Waals surface area contributed by atoms with Crippen molar-refractivity contribution in [3.05, 3.63) is 0 Å². The van der Waals surface area contributed by atoms with Crippen LogP contribution in [0.3, 0.4) is 0 Å². The van der Waals surface area contributed by atoms with Crippen molar-refractivity contribution >= 4 is 0 Å². The van der Waals surface area contributed by atoms with Crippen LogP contribution in [0.25, 0.3) is 0 Å². The Labute approximate surface area is 428 Å². The molecule has 0 radical (unpaired) electrons. The van der Waals surface area contributed by atoms with Crippen LogP contribution in [0.2, 0.25) is 0 Å². The van der Waals surface area contributed by atoms with Crippen LogP contribution in [0.5, 0.6) is 0 Å². The molecule has 4 N–H and O–H groups in total. The summed E-state index contributed by atoms with van der Waals surface area (Å²) >= 11 is 0. The van der Waals surface area contributed by atoms with Gasteiger partial charge in [0.05, 0.1) is 0 Å². The third-order valence-electron chi connectivity index (χ3n) is 20.4. The van der Waals surface area contributed by atoms with Gasteiger partial charge in [-0.3, -0.25) is 19.6 Å². The van der Waals surface area contributed by atoms with Crippen LogP contribution in [0, 0.1) is 34.0 Å². The van der Waals surface area contributed by atoms with Crippen LogP contribution in [0.1, 0.15) is 180 Å². The highest BCUT2D eigenvalue weighted by atomic mass is 15.3. The molecular formula is C59H116N10. The van der Waals surface area contributed by atoms with E-state index in [1.807, 2.05) is 0 Å². The van der Waals surface area contributed by atoms with E-state index in [-0.39, 0.29) is 0 Å². The van der Waals surface area contributed by atoms with Gasteiger partial charge >= 0.3 is 0 Å². The van der Waals surface area contributed by atoms with Crippen LogP contribution < -0.4 is 21.3 Å². The Morgan fingerprint density at radius 2 is 0.899 bits per heavy atom. The lowest BCUT2D eigenvalue weighted by molar-refractivity contribution is -0.102. The number of nitrogens with zero attached hydrogens (tertiary/aromatic N) is 6. The monoisotopic (exact) mass is 965 g/mol. The Hall–Kier alpha value is -0.400. The highest BCUT2D eigenvalue weighted by Crippen LogP contribution is 2.52. The van der Waals surface area contributed by atoms with E-state index in [4.69, 9.17) is 0 Å². The van der Waals surface area contributed by atoms with Gasteiger partial charge in [-0.15, -0.1) is 0 Å². The molecule has 0 aromatic carbocycles. The van der Waals surface area contributed by atoms with Gasteiger partial charge in [0.15, 0.2) is 0 Å². The van der Waals surface area contributed by atoms with Crippen molar-refractivity contribution in [3.8, 4) is 0 Å². The van der Waals surface area contributed by atoms with Gasteiger partial charge in [0, 0.05) is 125 Å². The molecule has 12 fully saturated rings. The highest BCUT2D eigenvalue weighted by Gasteiger charge is 2.51. The molecule has 12 aliphatic rings. The summed E-state index contributed by atoms with van der Waals surface area (Å²) in [5.41, 5.74) is 3.32. The molecule has 0 bridgehead atoms. The molecule has 10 nitrogen and oxygen atoms in total. The predicted molar refractivity (Wildman–Crippen MR) is 296 cm³/mol. The molecule has 0 aromatic rings. The summed E-state index contributed by atoms with van der Waals surface area (Å²) in [6, 6.07) is 4.51. The summed E-state index contributed by atoms with van der Waals surface area (Å²) in [7, 11) is 0. The Morgan fingerprint density at radius 1 is 0.406 bits per heavy atom. The molecule has 5 spiro atoms. The number of fused-ring (bicyclic) bond motifs is 1. The van der Waals surface area contributed by atoms with E-state index in [9.17, 15) is 0 Å². The van der Waals surface area contributed by atoms with Crippen molar-refractivity contribution in [2.75, 3.05) is 118 Å². The summed E-state index contributed by atoms with van der Waals surface area (Å²) < 4.78 is 0. The van der Waals surface area contributed by atoms with Crippen LogP contribution >= 0.6 is 0 Å². The fourth-order valence-electron chi connectivity index (χ4n) is 15.9. The Kier molecular flexibility index (Phi) is 20.0. The minimum atomic E-state index is 0.518. The second-order valence-corrected chi connectivity index (χ2v) is 27.9. The zero-order valence-electron chi connectivity index (χ0n) is 48.0. The van der Waals surface area contributed by atoms with Gasteiger partial charge in [-0.05, 0) is 235 Å². The van der Waals surface area contributed by atoms with E-state index in [0.717, 1.165) is 59.4 Å². The predicted octanol–water partition coefficient (Wildman–Crippen LogP) is 8.47. The molecule has 402 valence electrons. The molecule has 10 heteroatoms. The first-order valence-electron chi connectivity index (χ1n) is 30.1. The van der Waals surface area contributed by atoms with E-state index in [2.05, 4.69) is 141 Å². The molecule has 0 aromatic heterocycles. The maximum absolute atomic E-state index is 3.68. The molecule has 10 aliphatic heterocycles. The highest BCUT2D eigenvalue weighted by molar-refractivity contribution is 5.05. The number of rotatable bonds is 6. The quantitative estimate of drug-likeness (QED) is 0.209. The smallest absolute Gasteiger partial charge is 0.0321 e. The van der Waals surface area contributed by atoms with Crippen molar-refractivity contribution in [1.29, 1.82) is 0 Å². The zero-order valence-corrected chi connectivity index (χ0v) is 48.0. The third kappa shape index (κ3) is 14.3. The molecule has 2 saturated carbocycles. The van der Waals surface area contributed by atoms with Gasteiger partial charge in [0.25, 0.3) is 0 Å². The van der Waals surface area contributed by atoms with Crippen molar-refractivity contribution in [2.45, 2.75) is 227 Å². The topological polar surface area (TPSA) is 67.6 Å². The van der Waals surface area contributed by atoms with E-state index in [0.29, 0.717) is 21.9 Å². The molecule has 2 aliphatic carbocycles. The third-order valence-corrected chi connectivity index (χ3v) is 20.4. The normalized spacial score (nSPS) is 33.8. The first-order chi connectivity index (χ1) is 32.8. The van der Waals surface area contributed by atoms with Crippen molar-refractivity contribution in [3.63, 3.8) is 0 Å². The van der Waals surface area contributed by atoms with E-state index >= 15 is 0 Å². The maximum Gasteiger partial charge on any atom is 0.0321 e. The Balaban J connectivity index is 0.000000122. The van der Waals surface area contributed by atoms with Gasteiger partial charge in [-0.1, -0.05) is 19.8 Å². The minimum absolute atomic E-state index is 0.518. The van der Waals surface area contributed by atoms with Gasteiger partial charge in [-0.2, -0.15) is 0 Å². The Bertz CT molecular complexity index is 1430. The summed E-state index contributed by atoms with van der Waals surface area (Å²) in [6.45, 7) is 53.5. The van der Waals surface area contributed by atoms with E-state index in [1.54, 1.807) is 0 Å². The minimum Gasteiger partial charge on any atom is -0.316 e. The average Bonchev–Trinajstić information content (AvgIpc) is 4.13. The molecule has 4 unspecified atom stereocenters. The van der Waals surface area contributed by atoms with Crippen molar-refractivity contribution in [2.24, 2.45) is 34.0 Å². The lowest BCUT2D eigenvalue weighted by atomic mass is 9.58. The lowest BCUT2D eigenvalue weighted by Crippen LogP contribution is -2.63. The van der Waals surface area contributed by atoms with Crippen LogP contribution in [0.4, 0.5) is 0 Å². The number of likely N-dealkylation sites (tertiary alicyclic amines) is 6. The summed E-state index contributed by atoms with van der Waals surface area (Å²) in [4.78, 5) is 15.7. The molecule has 69 heavy (non-hydrogen) atoms. The Morgan fingerprint density at radius 3 is 1.35 bits per heavy atom. The average molecular weight is 966 g/mol. The summed E-state index contributed by atoms with van der Waals surface area (Å²) in [6.07, 6.45) is 20.2. The van der Waals surface area contributed by atoms with Crippen LogP contribution in [-0.2, 0) is 0 Å². The SMILES string of the molecule is CC(C)N1CC2(CCNC2)C1.CC(C)N1CC2CNCC2C1.CC(C)N1CCC2(CCCN2)C1.CC(C)N1CCC2(CCNC2)C1.CC(C)N1CCCC12CCCC2.CC1CC2(C1)CN(C(C)C)C2. The first kappa shape index (κ1) is 56.3. The van der Waals surface area contributed by atoms with Gasteiger partial charge in [0.2, 0.25) is 0 Å². The lowest BCUT2D eigenvalue weighted by Gasteiger charge is -2.60. The summed E-state index contributed by atoms with van der Waals surface area (Å²) in [5.74, 6) is 2.93. The number of nitrogens with one attached hydrogen (secondary N) is 4. The van der Waals surface area contributed by atoms with Gasteiger partial charge < -0.3 is 31.1 Å². The van der Waals surface area contributed by atoms with Gasteiger partial charge in [-0.25, -0.2) is 0 Å². The number of hydrogen-bond acceptors (Lipinski definition) is 10. The first-order valence-corrected chi connectivity index (χ1v) is 30.1. The van der Waals surface area contributed by atoms with Crippen LogP contribution in [0.15, 0.2) is 0 Å². The second-order valence-electron chi connectivity index (χ2n) is 27.9. The van der Waals surface area contributed by atoms with Crippen molar-refractivity contribution < 1.29 is 0 Å². The molecular weight excluding hydrogens is 849 g/mol. The maximum atomic E-state index is 3.68. The fraction of sp³-hybridized carbons (Fsp3) is 1.00. The molecule has 10 saturated heterocycles. The molecule has 0 amide bonds.